The van der Waals surface area contributed by atoms with Crippen molar-refractivity contribution in [3.63, 3.8) is 0 Å². The van der Waals surface area contributed by atoms with Gasteiger partial charge in [-0.3, -0.25) is 4.79 Å². The molecule has 152 valence electrons. The average molecular weight is 388 g/mol. The number of aromatic nitrogens is 2. The molecule has 6 nitrogen and oxygen atoms in total. The molecule has 0 aliphatic carbocycles. The maximum atomic E-state index is 13.0. The first-order chi connectivity index (χ1) is 13.4. The van der Waals surface area contributed by atoms with E-state index in [1.807, 2.05) is 6.92 Å². The Hall–Kier alpha value is -2.28. The Morgan fingerprint density at radius 3 is 2.64 bits per heavy atom. The second-order valence-electron chi connectivity index (χ2n) is 8.15. The third-order valence-electron chi connectivity index (χ3n) is 5.02. The highest BCUT2D eigenvalue weighted by Gasteiger charge is 2.23. The highest BCUT2D eigenvalue weighted by atomic mass is 19.1. The van der Waals surface area contributed by atoms with Crippen molar-refractivity contribution in [2.75, 3.05) is 19.6 Å². The minimum absolute atomic E-state index is 0.0212. The van der Waals surface area contributed by atoms with Crippen LogP contribution >= 0.6 is 0 Å². The average Bonchev–Trinajstić information content (AvgIpc) is 3.08. The monoisotopic (exact) mass is 388 g/mol. The SMILES string of the molecule is CC1CC(C)CN(CC(C)NC(=O)CCc2nc(-c3ccc(F)cc3)no2)C1. The predicted octanol–water partition coefficient (Wildman–Crippen LogP) is 3.29. The molecule has 1 aromatic heterocycles. The van der Waals surface area contributed by atoms with Crippen LogP contribution in [0.1, 0.15) is 39.5 Å². The third kappa shape index (κ3) is 5.86. The molecule has 3 rings (SSSR count). The Bertz CT molecular complexity index is 767. The molecule has 0 bridgehead atoms. The Balaban J connectivity index is 1.43. The number of carbonyl (C=O) groups is 1. The van der Waals surface area contributed by atoms with E-state index in [1.165, 1.54) is 18.6 Å². The fraction of sp³-hybridized carbons (Fsp3) is 0.571. The number of amides is 1. The highest BCUT2D eigenvalue weighted by molar-refractivity contribution is 5.76. The fourth-order valence-corrected chi connectivity index (χ4v) is 4.01. The van der Waals surface area contributed by atoms with Crippen molar-refractivity contribution in [2.45, 2.75) is 46.1 Å². The van der Waals surface area contributed by atoms with E-state index in [0.717, 1.165) is 19.6 Å². The Kier molecular flexibility index (Phi) is 6.78. The number of benzene rings is 1. The number of carbonyl (C=O) groups excluding carboxylic acids is 1. The first-order valence-corrected chi connectivity index (χ1v) is 9.99. The molecule has 0 saturated carbocycles. The van der Waals surface area contributed by atoms with Gasteiger partial charge in [0, 0.05) is 44.1 Å². The van der Waals surface area contributed by atoms with Crippen LogP contribution in [0, 0.1) is 17.7 Å². The van der Waals surface area contributed by atoms with Crippen LogP contribution in [-0.2, 0) is 11.2 Å². The zero-order valence-corrected chi connectivity index (χ0v) is 16.8. The lowest BCUT2D eigenvalue weighted by Crippen LogP contribution is -2.47. The second-order valence-corrected chi connectivity index (χ2v) is 8.15. The van der Waals surface area contributed by atoms with Gasteiger partial charge in [-0.05, 0) is 49.4 Å². The van der Waals surface area contributed by atoms with Crippen molar-refractivity contribution in [1.82, 2.24) is 20.4 Å². The lowest BCUT2D eigenvalue weighted by molar-refractivity contribution is -0.121. The van der Waals surface area contributed by atoms with Gasteiger partial charge in [0.05, 0.1) is 0 Å². The molecular formula is C21H29FN4O2. The Morgan fingerprint density at radius 1 is 1.29 bits per heavy atom. The number of rotatable bonds is 7. The number of hydrogen-bond acceptors (Lipinski definition) is 5. The number of aryl methyl sites for hydroxylation is 1. The van der Waals surface area contributed by atoms with E-state index >= 15 is 0 Å². The molecule has 2 aromatic rings. The van der Waals surface area contributed by atoms with Crippen LogP contribution in [0.2, 0.25) is 0 Å². The van der Waals surface area contributed by atoms with Crippen molar-refractivity contribution < 1.29 is 13.7 Å². The summed E-state index contributed by atoms with van der Waals surface area (Å²) >= 11 is 0. The van der Waals surface area contributed by atoms with Crippen LogP contribution in [0.25, 0.3) is 11.4 Å². The molecule has 2 heterocycles. The molecule has 1 saturated heterocycles. The summed E-state index contributed by atoms with van der Waals surface area (Å²) in [6.07, 6.45) is 1.95. The van der Waals surface area contributed by atoms with Gasteiger partial charge in [-0.2, -0.15) is 4.98 Å². The molecule has 7 heteroatoms. The number of nitrogens with zero attached hydrogens (tertiary/aromatic N) is 3. The Labute approximate surface area is 165 Å². The smallest absolute Gasteiger partial charge is 0.227 e. The Morgan fingerprint density at radius 2 is 1.96 bits per heavy atom. The van der Waals surface area contributed by atoms with E-state index in [9.17, 15) is 9.18 Å². The highest BCUT2D eigenvalue weighted by Crippen LogP contribution is 2.21. The predicted molar refractivity (Wildman–Crippen MR) is 105 cm³/mol. The van der Waals surface area contributed by atoms with E-state index in [1.54, 1.807) is 12.1 Å². The van der Waals surface area contributed by atoms with Gasteiger partial charge in [0.1, 0.15) is 5.82 Å². The number of likely N-dealkylation sites (tertiary alicyclic amines) is 1. The largest absolute Gasteiger partial charge is 0.352 e. The molecular weight excluding hydrogens is 359 g/mol. The third-order valence-corrected chi connectivity index (χ3v) is 5.02. The summed E-state index contributed by atoms with van der Waals surface area (Å²) in [5.41, 5.74) is 0.680. The van der Waals surface area contributed by atoms with Gasteiger partial charge >= 0.3 is 0 Å². The zero-order chi connectivity index (χ0) is 20.1. The van der Waals surface area contributed by atoms with Crippen molar-refractivity contribution in [3.8, 4) is 11.4 Å². The first kappa shape index (κ1) is 20.5. The van der Waals surface area contributed by atoms with E-state index < -0.39 is 0 Å². The second kappa shape index (κ2) is 9.28. The van der Waals surface area contributed by atoms with Gasteiger partial charge in [0.2, 0.25) is 17.6 Å². The summed E-state index contributed by atoms with van der Waals surface area (Å²) in [6, 6.07) is 6.00. The molecule has 0 radical (unpaired) electrons. The lowest BCUT2D eigenvalue weighted by Gasteiger charge is -2.36. The van der Waals surface area contributed by atoms with Crippen molar-refractivity contribution in [3.05, 3.63) is 36.0 Å². The number of hydrogen-bond donors (Lipinski definition) is 1. The van der Waals surface area contributed by atoms with Crippen LogP contribution in [0.5, 0.6) is 0 Å². The number of nitrogens with one attached hydrogen (secondary N) is 1. The quantitative estimate of drug-likeness (QED) is 0.788. The van der Waals surface area contributed by atoms with E-state index in [0.29, 0.717) is 42.0 Å². The summed E-state index contributed by atoms with van der Waals surface area (Å²) in [5.74, 6) is 1.88. The summed E-state index contributed by atoms with van der Waals surface area (Å²) in [6.45, 7) is 9.68. The van der Waals surface area contributed by atoms with E-state index in [4.69, 9.17) is 4.52 Å². The fourth-order valence-electron chi connectivity index (χ4n) is 4.01. The van der Waals surface area contributed by atoms with Crippen LogP contribution in [-0.4, -0.2) is 46.6 Å². The standard InChI is InChI=1S/C21H29FN4O2/c1-14-10-15(2)12-26(11-14)13-16(3)23-19(27)8-9-20-24-21(25-28-20)17-4-6-18(22)7-5-17/h4-7,14-16H,8-13H2,1-3H3,(H,23,27). The van der Waals surface area contributed by atoms with Crippen LogP contribution in [0.15, 0.2) is 28.8 Å². The van der Waals surface area contributed by atoms with Crippen molar-refractivity contribution in [1.29, 1.82) is 0 Å². The summed E-state index contributed by atoms with van der Waals surface area (Å²) in [4.78, 5) is 19.0. The van der Waals surface area contributed by atoms with E-state index in [-0.39, 0.29) is 17.8 Å². The van der Waals surface area contributed by atoms with Gasteiger partial charge in [-0.15, -0.1) is 0 Å². The van der Waals surface area contributed by atoms with Crippen LogP contribution < -0.4 is 5.32 Å². The van der Waals surface area contributed by atoms with Gasteiger partial charge in [-0.1, -0.05) is 19.0 Å². The van der Waals surface area contributed by atoms with Gasteiger partial charge < -0.3 is 14.7 Å². The molecule has 1 aliphatic rings. The zero-order valence-electron chi connectivity index (χ0n) is 16.8. The van der Waals surface area contributed by atoms with E-state index in [2.05, 4.69) is 34.2 Å². The first-order valence-electron chi connectivity index (χ1n) is 9.99. The number of halogens is 1. The molecule has 3 unspecified atom stereocenters. The minimum atomic E-state index is -0.313. The summed E-state index contributed by atoms with van der Waals surface area (Å²) < 4.78 is 18.2. The topological polar surface area (TPSA) is 71.3 Å². The van der Waals surface area contributed by atoms with Gasteiger partial charge in [-0.25, -0.2) is 4.39 Å². The molecule has 1 fully saturated rings. The van der Waals surface area contributed by atoms with Gasteiger partial charge in [0.25, 0.3) is 0 Å². The molecule has 28 heavy (non-hydrogen) atoms. The molecule has 1 N–H and O–H groups in total. The molecule has 0 spiro atoms. The van der Waals surface area contributed by atoms with Crippen molar-refractivity contribution >= 4 is 5.91 Å². The maximum Gasteiger partial charge on any atom is 0.227 e. The van der Waals surface area contributed by atoms with Crippen molar-refractivity contribution in [2.24, 2.45) is 11.8 Å². The normalized spacial score (nSPS) is 21.4. The van der Waals surface area contributed by atoms with Gasteiger partial charge in [0.15, 0.2) is 0 Å². The maximum absolute atomic E-state index is 13.0. The van der Waals surface area contributed by atoms with Crippen LogP contribution in [0.3, 0.4) is 0 Å². The molecule has 3 atom stereocenters. The summed E-state index contributed by atoms with van der Waals surface area (Å²) in [5, 5.41) is 6.96. The van der Waals surface area contributed by atoms with Crippen LogP contribution in [0.4, 0.5) is 4.39 Å². The number of piperidine rings is 1. The lowest BCUT2D eigenvalue weighted by atomic mass is 9.92. The molecule has 1 amide bonds. The molecule has 1 aromatic carbocycles. The summed E-state index contributed by atoms with van der Waals surface area (Å²) in [7, 11) is 0. The molecule has 1 aliphatic heterocycles. The minimum Gasteiger partial charge on any atom is -0.352 e.